The van der Waals surface area contributed by atoms with Crippen LogP contribution in [0.25, 0.3) is 11.3 Å². The van der Waals surface area contributed by atoms with E-state index in [2.05, 4.69) is 5.32 Å². The summed E-state index contributed by atoms with van der Waals surface area (Å²) in [4.78, 5) is 26.7. The number of piperidine rings is 1. The van der Waals surface area contributed by atoms with Crippen LogP contribution in [-0.2, 0) is 11.2 Å². The summed E-state index contributed by atoms with van der Waals surface area (Å²) in [6.07, 6.45) is 3.70. The number of halogens is 1. The molecule has 0 aliphatic carbocycles. The molecule has 4 rings (SSSR count). The fourth-order valence-electron chi connectivity index (χ4n) is 3.84. The topological polar surface area (TPSA) is 75.7 Å². The van der Waals surface area contributed by atoms with Gasteiger partial charge in [0.1, 0.15) is 17.3 Å². The van der Waals surface area contributed by atoms with Crippen LogP contribution in [-0.4, -0.2) is 35.8 Å². The van der Waals surface area contributed by atoms with Crippen molar-refractivity contribution in [3.05, 3.63) is 71.6 Å². The number of benzene rings is 1. The molecular weight excluding hydrogens is 399 g/mol. The van der Waals surface area contributed by atoms with Crippen LogP contribution in [0.5, 0.6) is 0 Å². The third-order valence-corrected chi connectivity index (χ3v) is 5.64. The first-order valence-electron chi connectivity index (χ1n) is 10.5. The van der Waals surface area contributed by atoms with Crippen LogP contribution >= 0.6 is 0 Å². The molecule has 162 valence electrons. The van der Waals surface area contributed by atoms with E-state index < -0.39 is 0 Å². The largest absolute Gasteiger partial charge is 0.461 e. The van der Waals surface area contributed by atoms with Crippen molar-refractivity contribution in [2.75, 3.05) is 13.1 Å². The Bertz CT molecular complexity index is 1060. The number of carbonyl (C=O) groups is 2. The first-order valence-corrected chi connectivity index (χ1v) is 10.5. The molecule has 31 heavy (non-hydrogen) atoms. The van der Waals surface area contributed by atoms with E-state index >= 15 is 0 Å². The summed E-state index contributed by atoms with van der Waals surface area (Å²) in [5.74, 6) is 0.959. The Balaban J connectivity index is 1.24. The molecule has 1 aliphatic heterocycles. The van der Waals surface area contributed by atoms with E-state index in [0.29, 0.717) is 61.6 Å². The quantitative estimate of drug-likeness (QED) is 0.639. The lowest BCUT2D eigenvalue weighted by Gasteiger charge is -2.32. The molecule has 7 heteroatoms. The molecule has 0 bridgehead atoms. The lowest BCUT2D eigenvalue weighted by molar-refractivity contribution is -0.132. The van der Waals surface area contributed by atoms with Crippen LogP contribution in [0, 0.1) is 12.7 Å². The van der Waals surface area contributed by atoms with E-state index in [1.807, 2.05) is 11.8 Å². The maximum Gasteiger partial charge on any atom is 0.287 e. The van der Waals surface area contributed by atoms with Gasteiger partial charge in [-0.25, -0.2) is 4.39 Å². The van der Waals surface area contributed by atoms with Gasteiger partial charge < -0.3 is 19.1 Å². The average molecular weight is 424 g/mol. The summed E-state index contributed by atoms with van der Waals surface area (Å²) in [5, 5.41) is 2.99. The smallest absolute Gasteiger partial charge is 0.287 e. The van der Waals surface area contributed by atoms with Gasteiger partial charge >= 0.3 is 0 Å². The van der Waals surface area contributed by atoms with Crippen molar-refractivity contribution < 1.29 is 22.8 Å². The van der Waals surface area contributed by atoms with Crippen molar-refractivity contribution in [3.8, 4) is 11.3 Å². The molecule has 0 saturated carbocycles. The third kappa shape index (κ3) is 4.87. The molecule has 0 spiro atoms. The zero-order chi connectivity index (χ0) is 21.8. The average Bonchev–Trinajstić information content (AvgIpc) is 3.42. The number of nitrogens with one attached hydrogen (secondary N) is 1. The molecule has 1 aromatic carbocycles. The third-order valence-electron chi connectivity index (χ3n) is 5.64. The number of nitrogens with zero attached hydrogens (tertiary/aromatic N) is 1. The number of amides is 2. The lowest BCUT2D eigenvalue weighted by Crippen LogP contribution is -2.46. The van der Waals surface area contributed by atoms with Crippen LogP contribution in [0.15, 0.2) is 57.6 Å². The highest BCUT2D eigenvalue weighted by molar-refractivity contribution is 5.93. The molecule has 1 saturated heterocycles. The number of hydrogen-bond donors (Lipinski definition) is 1. The van der Waals surface area contributed by atoms with Gasteiger partial charge in [0.2, 0.25) is 5.91 Å². The molecule has 1 aliphatic rings. The molecule has 0 atom stereocenters. The first-order chi connectivity index (χ1) is 15.0. The van der Waals surface area contributed by atoms with Crippen molar-refractivity contribution in [1.29, 1.82) is 0 Å². The Kier molecular flexibility index (Phi) is 6.21. The minimum Gasteiger partial charge on any atom is -0.461 e. The van der Waals surface area contributed by atoms with Gasteiger partial charge in [0, 0.05) is 37.5 Å². The van der Waals surface area contributed by atoms with Crippen LogP contribution < -0.4 is 5.32 Å². The van der Waals surface area contributed by atoms with E-state index in [1.54, 1.807) is 36.4 Å². The van der Waals surface area contributed by atoms with Gasteiger partial charge in [-0.3, -0.25) is 9.59 Å². The number of hydrogen-bond acceptors (Lipinski definition) is 4. The summed E-state index contributed by atoms with van der Waals surface area (Å²) >= 11 is 0. The van der Waals surface area contributed by atoms with Crippen LogP contribution in [0.4, 0.5) is 4.39 Å². The number of likely N-dealkylation sites (tertiary alicyclic amines) is 1. The normalized spacial score (nSPS) is 14.6. The number of rotatable bonds is 6. The predicted octanol–water partition coefficient (Wildman–Crippen LogP) is 4.34. The molecule has 2 aromatic heterocycles. The minimum atomic E-state index is -0.336. The highest BCUT2D eigenvalue weighted by atomic mass is 19.1. The summed E-state index contributed by atoms with van der Waals surface area (Å²) < 4.78 is 24.9. The van der Waals surface area contributed by atoms with E-state index in [-0.39, 0.29) is 23.7 Å². The van der Waals surface area contributed by atoms with E-state index in [4.69, 9.17) is 8.83 Å². The van der Waals surface area contributed by atoms with E-state index in [0.717, 1.165) is 5.56 Å². The molecule has 2 amide bonds. The molecule has 3 aromatic rings. The van der Waals surface area contributed by atoms with Crippen molar-refractivity contribution in [2.45, 2.75) is 38.6 Å². The van der Waals surface area contributed by atoms with Crippen molar-refractivity contribution in [3.63, 3.8) is 0 Å². The Labute approximate surface area is 180 Å². The summed E-state index contributed by atoms with van der Waals surface area (Å²) in [7, 11) is 0. The second-order valence-corrected chi connectivity index (χ2v) is 7.81. The molecule has 6 nitrogen and oxygen atoms in total. The SMILES string of the molecule is Cc1ccoc1C(=O)NC1CCN(C(=O)CCc2ccc(-c3ccccc3F)o2)CC1. The number of aryl methyl sites for hydroxylation is 2. The Morgan fingerprint density at radius 1 is 1.13 bits per heavy atom. The van der Waals surface area contributed by atoms with Crippen molar-refractivity contribution >= 4 is 11.8 Å². The highest BCUT2D eigenvalue weighted by Gasteiger charge is 2.25. The Hall–Kier alpha value is -3.35. The zero-order valence-corrected chi connectivity index (χ0v) is 17.4. The van der Waals surface area contributed by atoms with Gasteiger partial charge in [-0.15, -0.1) is 0 Å². The van der Waals surface area contributed by atoms with Crippen LogP contribution in [0.3, 0.4) is 0 Å². The molecule has 0 radical (unpaired) electrons. The van der Waals surface area contributed by atoms with Crippen LogP contribution in [0.2, 0.25) is 0 Å². The number of carbonyl (C=O) groups excluding carboxylic acids is 2. The fraction of sp³-hybridized carbons (Fsp3) is 0.333. The summed E-state index contributed by atoms with van der Waals surface area (Å²) in [6.45, 7) is 3.02. The fourth-order valence-corrected chi connectivity index (χ4v) is 3.84. The van der Waals surface area contributed by atoms with Crippen molar-refractivity contribution in [2.24, 2.45) is 0 Å². The Morgan fingerprint density at radius 3 is 2.61 bits per heavy atom. The van der Waals surface area contributed by atoms with Crippen LogP contribution in [0.1, 0.15) is 41.1 Å². The van der Waals surface area contributed by atoms with Gasteiger partial charge in [0.05, 0.1) is 11.8 Å². The van der Waals surface area contributed by atoms with Gasteiger partial charge in [0.25, 0.3) is 5.91 Å². The molecule has 3 heterocycles. The molecule has 1 N–H and O–H groups in total. The Morgan fingerprint density at radius 2 is 1.90 bits per heavy atom. The minimum absolute atomic E-state index is 0.0226. The predicted molar refractivity (Wildman–Crippen MR) is 113 cm³/mol. The van der Waals surface area contributed by atoms with E-state index in [9.17, 15) is 14.0 Å². The first kappa shape index (κ1) is 20.9. The standard InChI is InChI=1S/C24H25FN2O4/c1-16-12-15-30-23(16)24(29)26-17-10-13-27(14-11-17)22(28)9-7-18-6-8-21(31-18)19-4-2-3-5-20(19)25/h2-6,8,12,15,17H,7,9-11,13-14H2,1H3,(H,26,29). The van der Waals surface area contributed by atoms with Gasteiger partial charge in [-0.05, 0) is 50.1 Å². The van der Waals surface area contributed by atoms with Gasteiger partial charge in [-0.2, -0.15) is 0 Å². The lowest BCUT2D eigenvalue weighted by atomic mass is 10.0. The van der Waals surface area contributed by atoms with E-state index in [1.165, 1.54) is 12.3 Å². The maximum atomic E-state index is 13.9. The van der Waals surface area contributed by atoms with Gasteiger partial charge in [0.15, 0.2) is 5.76 Å². The molecule has 0 unspecified atom stereocenters. The molecule has 1 fully saturated rings. The summed E-state index contributed by atoms with van der Waals surface area (Å²) in [6, 6.07) is 11.7. The second-order valence-electron chi connectivity index (χ2n) is 7.81. The molecular formula is C24H25FN2O4. The summed E-state index contributed by atoms with van der Waals surface area (Å²) in [5.41, 5.74) is 1.22. The van der Waals surface area contributed by atoms with Gasteiger partial charge in [-0.1, -0.05) is 12.1 Å². The zero-order valence-electron chi connectivity index (χ0n) is 17.4. The van der Waals surface area contributed by atoms with Crippen molar-refractivity contribution in [1.82, 2.24) is 10.2 Å². The maximum absolute atomic E-state index is 13.9. The second kappa shape index (κ2) is 9.20. The monoisotopic (exact) mass is 424 g/mol. The number of furan rings is 2. The highest BCUT2D eigenvalue weighted by Crippen LogP contribution is 2.25.